The molecule has 4 heterocycles. The van der Waals surface area contributed by atoms with Crippen molar-refractivity contribution >= 4 is 57.8 Å². The van der Waals surface area contributed by atoms with Crippen molar-refractivity contribution in [2.45, 2.75) is 44.6 Å². The molecule has 2 atom stereocenters. The van der Waals surface area contributed by atoms with E-state index in [2.05, 4.69) is 25.1 Å². The van der Waals surface area contributed by atoms with Crippen LogP contribution in [0.3, 0.4) is 0 Å². The van der Waals surface area contributed by atoms with Crippen LogP contribution in [0.5, 0.6) is 0 Å². The van der Waals surface area contributed by atoms with E-state index in [1.54, 1.807) is 36.0 Å². The SMILES string of the molecule is CCCCNC(=O)c1cc[n+](CC2=C(C(=O)O)N3C(=O)C(NC(=O)/C(=N\OCC)c4nsc(N)n4)[C@H]3SC2)cc1. The number of nitrogens with zero attached hydrogens (tertiary/aromatic N) is 5. The Kier molecular flexibility index (Phi) is 9.31. The molecule has 1 fully saturated rings. The summed E-state index contributed by atoms with van der Waals surface area (Å²) in [6, 6.07) is 2.34. The molecule has 14 nitrogen and oxygen atoms in total. The number of rotatable bonds is 12. The molecule has 2 aromatic rings. The Labute approximate surface area is 237 Å². The van der Waals surface area contributed by atoms with Gasteiger partial charge in [0, 0.05) is 41.5 Å². The Bertz CT molecular complexity index is 1360. The maximum atomic E-state index is 13.1. The lowest BCUT2D eigenvalue weighted by Gasteiger charge is -2.49. The minimum absolute atomic E-state index is 0.0386. The molecule has 0 bridgehead atoms. The lowest BCUT2D eigenvalue weighted by molar-refractivity contribution is -0.689. The molecule has 1 saturated heterocycles. The van der Waals surface area contributed by atoms with Gasteiger partial charge in [-0.05, 0) is 13.3 Å². The van der Waals surface area contributed by atoms with E-state index in [1.807, 2.05) is 6.92 Å². The molecule has 212 valence electrons. The van der Waals surface area contributed by atoms with Gasteiger partial charge in [-0.3, -0.25) is 19.3 Å². The maximum absolute atomic E-state index is 13.1. The summed E-state index contributed by atoms with van der Waals surface area (Å²) >= 11 is 2.21. The van der Waals surface area contributed by atoms with E-state index in [0.717, 1.165) is 24.4 Å². The summed E-state index contributed by atoms with van der Waals surface area (Å²) in [5, 5.41) is 18.7. The van der Waals surface area contributed by atoms with E-state index in [4.69, 9.17) is 10.6 Å². The van der Waals surface area contributed by atoms with Gasteiger partial charge in [-0.2, -0.15) is 9.36 Å². The summed E-state index contributed by atoms with van der Waals surface area (Å²) in [4.78, 5) is 60.7. The Morgan fingerprint density at radius 2 is 2.05 bits per heavy atom. The molecule has 0 saturated carbocycles. The predicted octanol–water partition coefficient (Wildman–Crippen LogP) is 0.117. The molecule has 0 aliphatic carbocycles. The topological polar surface area (TPSA) is 193 Å². The zero-order chi connectivity index (χ0) is 28.8. The predicted molar refractivity (Wildman–Crippen MR) is 146 cm³/mol. The first kappa shape index (κ1) is 28.9. The molecule has 40 heavy (non-hydrogen) atoms. The first-order chi connectivity index (χ1) is 19.2. The number of anilines is 1. The second-order valence-electron chi connectivity index (χ2n) is 8.80. The van der Waals surface area contributed by atoms with Gasteiger partial charge in [0.1, 0.15) is 23.7 Å². The summed E-state index contributed by atoms with van der Waals surface area (Å²) < 4.78 is 5.73. The summed E-state index contributed by atoms with van der Waals surface area (Å²) in [7, 11) is 0. The molecule has 5 N–H and O–H groups in total. The molecular weight excluding hydrogens is 560 g/mol. The summed E-state index contributed by atoms with van der Waals surface area (Å²) in [6.07, 6.45) is 5.25. The van der Waals surface area contributed by atoms with Crippen LogP contribution in [0.25, 0.3) is 0 Å². The number of pyridine rings is 1. The van der Waals surface area contributed by atoms with Gasteiger partial charge < -0.3 is 26.3 Å². The lowest BCUT2D eigenvalue weighted by Crippen LogP contribution is -2.71. The Morgan fingerprint density at radius 1 is 1.30 bits per heavy atom. The Hall–Kier alpha value is -4.05. The van der Waals surface area contributed by atoms with E-state index in [0.29, 0.717) is 23.4 Å². The van der Waals surface area contributed by atoms with E-state index in [9.17, 15) is 24.3 Å². The number of aliphatic carboxylic acids is 1. The van der Waals surface area contributed by atoms with Gasteiger partial charge >= 0.3 is 5.97 Å². The number of oxime groups is 1. The monoisotopic (exact) mass is 589 g/mol. The number of thioether (sulfide) groups is 1. The van der Waals surface area contributed by atoms with Crippen LogP contribution in [0.1, 0.15) is 42.9 Å². The van der Waals surface area contributed by atoms with Crippen molar-refractivity contribution in [3.8, 4) is 0 Å². The largest absolute Gasteiger partial charge is 0.477 e. The minimum atomic E-state index is -1.24. The number of carboxylic acids is 1. The van der Waals surface area contributed by atoms with E-state index < -0.39 is 29.2 Å². The molecule has 2 aromatic heterocycles. The van der Waals surface area contributed by atoms with Crippen LogP contribution < -0.4 is 20.9 Å². The van der Waals surface area contributed by atoms with Crippen LogP contribution in [0.15, 0.2) is 41.0 Å². The number of aromatic nitrogens is 3. The van der Waals surface area contributed by atoms with Gasteiger partial charge in [-0.1, -0.05) is 18.5 Å². The van der Waals surface area contributed by atoms with Crippen molar-refractivity contribution < 1.29 is 33.7 Å². The van der Waals surface area contributed by atoms with Crippen molar-refractivity contribution in [1.82, 2.24) is 24.9 Å². The van der Waals surface area contributed by atoms with E-state index in [1.165, 1.54) is 16.7 Å². The average molecular weight is 590 g/mol. The normalized spacial score (nSPS) is 18.6. The number of carbonyl (C=O) groups excluding carboxylic acids is 3. The molecule has 0 aromatic carbocycles. The van der Waals surface area contributed by atoms with Crippen LogP contribution in [0.2, 0.25) is 0 Å². The third-order valence-corrected chi connectivity index (χ3v) is 7.91. The smallest absolute Gasteiger partial charge is 0.352 e. The molecule has 3 amide bonds. The van der Waals surface area contributed by atoms with Crippen molar-refractivity contribution in [3.63, 3.8) is 0 Å². The Balaban J connectivity index is 1.46. The van der Waals surface area contributed by atoms with Gasteiger partial charge in [0.25, 0.3) is 17.7 Å². The summed E-state index contributed by atoms with van der Waals surface area (Å²) in [6.45, 7) is 4.72. The third-order valence-electron chi connectivity index (χ3n) is 6.03. The highest BCUT2D eigenvalue weighted by Crippen LogP contribution is 2.40. The van der Waals surface area contributed by atoms with E-state index >= 15 is 0 Å². The number of fused-ring (bicyclic) bond motifs is 1. The number of carboxylic acid groups (broad SMARTS) is 1. The zero-order valence-corrected chi connectivity index (χ0v) is 23.5. The number of hydrogen-bond donors (Lipinski definition) is 4. The quantitative estimate of drug-likeness (QED) is 0.0868. The fourth-order valence-electron chi connectivity index (χ4n) is 4.07. The van der Waals surface area contributed by atoms with Crippen molar-refractivity contribution in [2.24, 2.45) is 5.16 Å². The number of nitrogens with one attached hydrogen (secondary N) is 2. The van der Waals surface area contributed by atoms with Crippen LogP contribution in [0, 0.1) is 0 Å². The average Bonchev–Trinajstić information content (AvgIpc) is 3.37. The van der Waals surface area contributed by atoms with Crippen molar-refractivity contribution in [2.75, 3.05) is 24.6 Å². The van der Waals surface area contributed by atoms with Crippen LogP contribution in [-0.2, 0) is 25.8 Å². The van der Waals surface area contributed by atoms with Gasteiger partial charge in [0.2, 0.25) is 11.5 Å². The summed E-state index contributed by atoms with van der Waals surface area (Å²) in [5.41, 5.74) is 6.28. The van der Waals surface area contributed by atoms with Crippen molar-refractivity contribution in [3.05, 3.63) is 47.2 Å². The summed E-state index contributed by atoms with van der Waals surface area (Å²) in [5.74, 6) is -2.45. The molecular formula is C24H29N8O6S2+. The second kappa shape index (κ2) is 12.9. The highest BCUT2D eigenvalue weighted by Gasteiger charge is 2.54. The number of unbranched alkanes of at least 4 members (excludes halogenated alkanes) is 1. The molecule has 16 heteroatoms. The van der Waals surface area contributed by atoms with Crippen molar-refractivity contribution in [1.29, 1.82) is 0 Å². The number of β-lactam (4-membered cyclic amide) rings is 1. The molecule has 0 radical (unpaired) electrons. The fourth-order valence-corrected chi connectivity index (χ4v) is 5.84. The fraction of sp³-hybridized carbons (Fsp3) is 0.417. The molecule has 4 rings (SSSR count). The van der Waals surface area contributed by atoms with Gasteiger partial charge in [-0.25, -0.2) is 9.36 Å². The number of nitrogens with two attached hydrogens (primary N) is 1. The van der Waals surface area contributed by atoms with E-state index in [-0.39, 0.29) is 41.4 Å². The van der Waals surface area contributed by atoms with Gasteiger partial charge in [-0.15, -0.1) is 11.8 Å². The van der Waals surface area contributed by atoms with Gasteiger partial charge in [0.05, 0.1) is 5.56 Å². The van der Waals surface area contributed by atoms with Crippen LogP contribution in [0.4, 0.5) is 5.13 Å². The third kappa shape index (κ3) is 6.22. The maximum Gasteiger partial charge on any atom is 0.352 e. The highest BCUT2D eigenvalue weighted by atomic mass is 32.2. The highest BCUT2D eigenvalue weighted by molar-refractivity contribution is 8.00. The molecule has 2 aliphatic rings. The molecule has 0 spiro atoms. The first-order valence-corrected chi connectivity index (χ1v) is 14.3. The molecule has 1 unspecified atom stereocenters. The molecule has 2 aliphatic heterocycles. The van der Waals surface area contributed by atoms with Crippen LogP contribution in [-0.4, -0.2) is 79.1 Å². The number of nitrogen functional groups attached to an aromatic ring is 1. The number of carbonyl (C=O) groups is 4. The number of hydrogen-bond acceptors (Lipinski definition) is 11. The second-order valence-corrected chi connectivity index (χ2v) is 10.7. The lowest BCUT2D eigenvalue weighted by atomic mass is 10.0. The number of amides is 3. The van der Waals surface area contributed by atoms with Gasteiger partial charge in [0.15, 0.2) is 24.1 Å². The zero-order valence-electron chi connectivity index (χ0n) is 21.8. The minimum Gasteiger partial charge on any atom is -0.477 e. The van der Waals surface area contributed by atoms with Crippen LogP contribution >= 0.6 is 23.3 Å². The Morgan fingerprint density at radius 3 is 2.67 bits per heavy atom. The first-order valence-electron chi connectivity index (χ1n) is 12.5. The standard InChI is InChI=1S/C24H28N8O6S2/c1-3-5-8-26-19(33)13-6-9-31(10-7-13)11-14-12-39-22-16(21(35)32(22)17(14)23(36)37)27-20(34)15(29-38-4-2)18-28-24(25)40-30-18/h6-7,9-10,16,22H,3-5,8,11-12H2,1-2H3,(H4-,25,26,27,28,30,33,34,36,37)/p+1/b29-15-/t16?,22-/m1/s1.